The summed E-state index contributed by atoms with van der Waals surface area (Å²) in [5, 5.41) is 4.13. The lowest BCUT2D eigenvalue weighted by Gasteiger charge is -2.25. The van der Waals surface area contributed by atoms with E-state index in [1.54, 1.807) is 0 Å². The molecule has 8 heteroatoms. The van der Waals surface area contributed by atoms with Gasteiger partial charge < -0.3 is 24.6 Å². The van der Waals surface area contributed by atoms with E-state index in [1.807, 2.05) is 71.6 Å². The van der Waals surface area contributed by atoms with E-state index in [9.17, 15) is 9.59 Å². The maximum Gasteiger partial charge on any atom is 0.407 e. The number of pyridine rings is 1. The number of carbonyl (C=O) groups is 2. The zero-order valence-electron chi connectivity index (χ0n) is 21.5. The van der Waals surface area contributed by atoms with Gasteiger partial charge in [-0.05, 0) is 36.0 Å². The van der Waals surface area contributed by atoms with Crippen molar-refractivity contribution < 1.29 is 19.1 Å². The van der Waals surface area contributed by atoms with Crippen LogP contribution in [0.3, 0.4) is 0 Å². The first kappa shape index (κ1) is 24.8. The molecule has 6 rings (SSSR count). The van der Waals surface area contributed by atoms with Crippen molar-refractivity contribution in [1.29, 1.82) is 0 Å². The Balaban J connectivity index is 1.03. The molecule has 0 radical (unpaired) electrons. The fourth-order valence-electron chi connectivity index (χ4n) is 6.04. The molecule has 0 aliphatic carbocycles. The standard InChI is InChI=1S/C30H34N4O4/c35-29(28-11-10-22-8-4-5-9-26(22)31-28)34-18-23-16-33(17-24(23)19-34)14-12-27(21-6-2-1-3-7-21)32-30(36)38-25-13-15-37-20-25/h1-11,23-25,27H,12-20H2,(H,32,36)/t23-,24?,25?,27?/m0/s1. The minimum absolute atomic E-state index is 0.0243. The molecular weight excluding hydrogens is 480 g/mol. The summed E-state index contributed by atoms with van der Waals surface area (Å²) in [7, 11) is 0. The second kappa shape index (κ2) is 11.1. The topological polar surface area (TPSA) is 84.0 Å². The van der Waals surface area contributed by atoms with Gasteiger partial charge in [0.05, 0.1) is 24.8 Å². The molecule has 3 unspecified atom stereocenters. The zero-order chi connectivity index (χ0) is 25.9. The highest BCUT2D eigenvalue weighted by molar-refractivity contribution is 5.95. The van der Waals surface area contributed by atoms with E-state index in [2.05, 4.69) is 15.2 Å². The molecule has 3 aliphatic heterocycles. The second-order valence-electron chi connectivity index (χ2n) is 10.7. The SMILES string of the molecule is O=C(NC(CCN1CC2CN(C(=O)c3ccc4ccccc4n3)C[C@@H]2C1)c1ccccc1)OC1CCOC1. The second-order valence-corrected chi connectivity index (χ2v) is 10.7. The van der Waals surface area contributed by atoms with Crippen molar-refractivity contribution in [3.63, 3.8) is 0 Å². The maximum absolute atomic E-state index is 13.2. The molecule has 8 nitrogen and oxygen atoms in total. The Bertz CT molecular complexity index is 1270. The third-order valence-corrected chi connectivity index (χ3v) is 8.06. The number of nitrogens with one attached hydrogen (secondary N) is 1. The van der Waals surface area contributed by atoms with Gasteiger partial charge in [0.15, 0.2) is 0 Å². The monoisotopic (exact) mass is 514 g/mol. The number of amides is 2. The number of fused-ring (bicyclic) bond motifs is 2. The van der Waals surface area contributed by atoms with E-state index in [-0.39, 0.29) is 24.1 Å². The summed E-state index contributed by atoms with van der Waals surface area (Å²) in [6.07, 6.45) is 0.990. The third kappa shape index (κ3) is 5.51. The number of aromatic nitrogens is 1. The largest absolute Gasteiger partial charge is 0.444 e. The molecule has 0 bridgehead atoms. The number of hydrogen-bond acceptors (Lipinski definition) is 6. The lowest BCUT2D eigenvalue weighted by Crippen LogP contribution is -2.36. The molecule has 2 aromatic carbocycles. The summed E-state index contributed by atoms with van der Waals surface area (Å²) in [6, 6.07) is 21.7. The van der Waals surface area contributed by atoms with Gasteiger partial charge in [-0.3, -0.25) is 4.79 Å². The molecule has 2 amide bonds. The minimum atomic E-state index is -0.385. The van der Waals surface area contributed by atoms with Crippen molar-refractivity contribution in [3.05, 3.63) is 78.0 Å². The number of ether oxygens (including phenoxy) is 2. The van der Waals surface area contributed by atoms with E-state index in [0.717, 1.165) is 62.0 Å². The van der Waals surface area contributed by atoms with Crippen LogP contribution in [-0.4, -0.2) is 78.8 Å². The fourth-order valence-corrected chi connectivity index (χ4v) is 6.04. The summed E-state index contributed by atoms with van der Waals surface area (Å²) in [5.74, 6) is 0.959. The molecule has 3 fully saturated rings. The van der Waals surface area contributed by atoms with Crippen LogP contribution in [0, 0.1) is 11.8 Å². The maximum atomic E-state index is 13.2. The molecule has 0 spiro atoms. The third-order valence-electron chi connectivity index (χ3n) is 8.06. The van der Waals surface area contributed by atoms with Gasteiger partial charge in [0, 0.05) is 44.5 Å². The van der Waals surface area contributed by atoms with Crippen molar-refractivity contribution in [2.45, 2.75) is 25.0 Å². The van der Waals surface area contributed by atoms with Crippen LogP contribution in [0.1, 0.15) is 34.9 Å². The molecule has 38 heavy (non-hydrogen) atoms. The molecule has 3 aliphatic rings. The van der Waals surface area contributed by atoms with E-state index in [4.69, 9.17) is 9.47 Å². The number of rotatable bonds is 7. The van der Waals surface area contributed by atoms with Gasteiger partial charge in [-0.1, -0.05) is 54.6 Å². The normalized spacial score (nSPS) is 23.9. The molecule has 3 saturated heterocycles. The zero-order valence-corrected chi connectivity index (χ0v) is 21.5. The number of benzene rings is 2. The van der Waals surface area contributed by atoms with Crippen LogP contribution in [-0.2, 0) is 9.47 Å². The van der Waals surface area contributed by atoms with Crippen LogP contribution in [0.2, 0.25) is 0 Å². The summed E-state index contributed by atoms with van der Waals surface area (Å²) in [6.45, 7) is 5.44. The van der Waals surface area contributed by atoms with Crippen LogP contribution in [0.25, 0.3) is 10.9 Å². The Kier molecular flexibility index (Phi) is 7.25. The van der Waals surface area contributed by atoms with E-state index in [0.29, 0.717) is 30.7 Å². The first-order valence-electron chi connectivity index (χ1n) is 13.6. The van der Waals surface area contributed by atoms with E-state index in [1.165, 1.54) is 0 Å². The van der Waals surface area contributed by atoms with Crippen LogP contribution in [0.5, 0.6) is 0 Å². The average Bonchev–Trinajstić information content (AvgIpc) is 3.68. The highest BCUT2D eigenvalue weighted by Crippen LogP contribution is 2.32. The summed E-state index contributed by atoms with van der Waals surface area (Å²) < 4.78 is 10.9. The van der Waals surface area contributed by atoms with Crippen molar-refractivity contribution in [3.8, 4) is 0 Å². The van der Waals surface area contributed by atoms with Gasteiger partial charge in [-0.2, -0.15) is 0 Å². The van der Waals surface area contributed by atoms with Gasteiger partial charge in [-0.15, -0.1) is 0 Å². The number of hydrogen-bond donors (Lipinski definition) is 1. The van der Waals surface area contributed by atoms with Gasteiger partial charge in [0.2, 0.25) is 0 Å². The number of nitrogens with zero attached hydrogens (tertiary/aromatic N) is 3. The average molecular weight is 515 g/mol. The smallest absolute Gasteiger partial charge is 0.407 e. The van der Waals surface area contributed by atoms with Crippen molar-refractivity contribution >= 4 is 22.9 Å². The fraction of sp³-hybridized carbons (Fsp3) is 0.433. The molecule has 4 atom stereocenters. The minimum Gasteiger partial charge on any atom is -0.444 e. The Hall–Kier alpha value is -3.49. The highest BCUT2D eigenvalue weighted by Gasteiger charge is 2.42. The Morgan fingerprint density at radius 1 is 0.974 bits per heavy atom. The molecule has 3 aromatic rings. The summed E-state index contributed by atoms with van der Waals surface area (Å²) in [4.78, 5) is 34.8. The Morgan fingerprint density at radius 2 is 1.74 bits per heavy atom. The number of alkyl carbamates (subject to hydrolysis) is 1. The molecule has 4 heterocycles. The van der Waals surface area contributed by atoms with Crippen LogP contribution in [0.15, 0.2) is 66.7 Å². The highest BCUT2D eigenvalue weighted by atomic mass is 16.6. The van der Waals surface area contributed by atoms with Gasteiger partial charge in [-0.25, -0.2) is 9.78 Å². The van der Waals surface area contributed by atoms with Gasteiger partial charge in [0.1, 0.15) is 11.8 Å². The molecule has 1 N–H and O–H groups in total. The van der Waals surface area contributed by atoms with Crippen LogP contribution in [0.4, 0.5) is 4.79 Å². The van der Waals surface area contributed by atoms with E-state index < -0.39 is 0 Å². The lowest BCUT2D eigenvalue weighted by atomic mass is 10.0. The first-order valence-corrected chi connectivity index (χ1v) is 13.6. The molecule has 0 saturated carbocycles. The summed E-state index contributed by atoms with van der Waals surface area (Å²) in [5.41, 5.74) is 2.45. The predicted molar refractivity (Wildman–Crippen MR) is 144 cm³/mol. The van der Waals surface area contributed by atoms with Gasteiger partial charge in [0.25, 0.3) is 5.91 Å². The van der Waals surface area contributed by atoms with Crippen molar-refractivity contribution in [2.75, 3.05) is 45.9 Å². The molecule has 198 valence electrons. The predicted octanol–water partition coefficient (Wildman–Crippen LogP) is 3.89. The Morgan fingerprint density at radius 3 is 2.50 bits per heavy atom. The number of para-hydroxylation sites is 1. The molecular formula is C30H34N4O4. The van der Waals surface area contributed by atoms with Crippen molar-refractivity contribution in [1.82, 2.24) is 20.1 Å². The Labute approximate surface area is 222 Å². The van der Waals surface area contributed by atoms with Gasteiger partial charge >= 0.3 is 6.09 Å². The van der Waals surface area contributed by atoms with Crippen LogP contribution >= 0.6 is 0 Å². The van der Waals surface area contributed by atoms with Crippen LogP contribution < -0.4 is 5.32 Å². The summed E-state index contributed by atoms with van der Waals surface area (Å²) >= 11 is 0. The molecule has 1 aromatic heterocycles. The first-order chi connectivity index (χ1) is 18.6. The quantitative estimate of drug-likeness (QED) is 0.515. The van der Waals surface area contributed by atoms with Crippen molar-refractivity contribution in [2.24, 2.45) is 11.8 Å². The van der Waals surface area contributed by atoms with E-state index >= 15 is 0 Å². The number of likely N-dealkylation sites (tertiary alicyclic amines) is 2. The number of carbonyl (C=O) groups excluding carboxylic acids is 2. The lowest BCUT2D eigenvalue weighted by molar-refractivity contribution is 0.0768.